The number of rotatable bonds is 2. The zero-order chi connectivity index (χ0) is 11.5. The second kappa shape index (κ2) is 4.22. The Labute approximate surface area is 99.3 Å². The number of allylic oxidation sites excluding steroid dienone is 2. The fourth-order valence-corrected chi connectivity index (χ4v) is 1.85. The molecule has 0 radical (unpaired) electrons. The summed E-state index contributed by atoms with van der Waals surface area (Å²) in [4.78, 5) is 12.0. The molecule has 82 valence electrons. The molecular weight excluding hydrogens is 210 g/mol. The van der Waals surface area contributed by atoms with Crippen LogP contribution < -0.4 is 0 Å². The first-order valence-electron chi connectivity index (χ1n) is 5.45. The van der Waals surface area contributed by atoms with E-state index in [1.807, 2.05) is 48.7 Å². The van der Waals surface area contributed by atoms with Crippen LogP contribution in [0.4, 0.5) is 0 Å². The Balaban J connectivity index is 2.20. The van der Waals surface area contributed by atoms with E-state index in [1.165, 1.54) is 0 Å². The van der Waals surface area contributed by atoms with Crippen molar-refractivity contribution in [2.75, 3.05) is 0 Å². The first kappa shape index (κ1) is 9.78. The molecule has 0 aliphatic carbocycles. The third kappa shape index (κ3) is 1.83. The van der Waals surface area contributed by atoms with Gasteiger partial charge in [0.25, 0.3) is 0 Å². The minimum atomic E-state index is 0.925. The molecule has 1 N–H and O–H groups in total. The predicted octanol–water partition coefficient (Wildman–Crippen LogP) is 2.81. The van der Waals surface area contributed by atoms with Gasteiger partial charge in [0.15, 0.2) is 0 Å². The maximum absolute atomic E-state index is 4.39. The first-order valence-corrected chi connectivity index (χ1v) is 5.45. The molecule has 3 rings (SSSR count). The summed E-state index contributed by atoms with van der Waals surface area (Å²) in [5.41, 5.74) is 3.92. The average molecular weight is 221 g/mol. The number of hydrogen-bond donors (Lipinski definition) is 1. The molecule has 0 amide bonds. The maximum atomic E-state index is 4.39. The monoisotopic (exact) mass is 221 g/mol. The van der Waals surface area contributed by atoms with Crippen molar-refractivity contribution in [1.29, 1.82) is 0 Å². The molecule has 2 aromatic heterocycles. The smallest absolute Gasteiger partial charge is 0.0745 e. The lowest BCUT2D eigenvalue weighted by atomic mass is 10.1. The molecule has 0 atom stereocenters. The normalized spacial score (nSPS) is 16.5. The van der Waals surface area contributed by atoms with Crippen molar-refractivity contribution in [3.05, 3.63) is 72.0 Å². The van der Waals surface area contributed by atoms with Gasteiger partial charge in [-0.25, -0.2) is 0 Å². The minimum absolute atomic E-state index is 0.925. The summed E-state index contributed by atoms with van der Waals surface area (Å²) in [5, 5.41) is 0. The molecule has 0 aromatic carbocycles. The lowest BCUT2D eigenvalue weighted by Gasteiger charge is -2.06. The SMILES string of the molecule is C1=C/C(=C(/c2ccccn2)c2ccc[nH]2)N=C1. The number of aromatic nitrogens is 2. The molecule has 0 saturated heterocycles. The number of H-pyrrole nitrogens is 1. The lowest BCUT2D eigenvalue weighted by Crippen LogP contribution is -1.94. The van der Waals surface area contributed by atoms with Crippen LogP contribution >= 0.6 is 0 Å². The summed E-state index contributed by atoms with van der Waals surface area (Å²) < 4.78 is 0. The molecule has 0 saturated carbocycles. The number of pyridine rings is 1. The van der Waals surface area contributed by atoms with Crippen LogP contribution in [0.25, 0.3) is 5.57 Å². The molecule has 3 nitrogen and oxygen atoms in total. The van der Waals surface area contributed by atoms with Crippen LogP contribution in [0.1, 0.15) is 11.4 Å². The largest absolute Gasteiger partial charge is 0.361 e. The molecule has 2 aromatic rings. The van der Waals surface area contributed by atoms with Gasteiger partial charge in [0.1, 0.15) is 0 Å². The summed E-state index contributed by atoms with van der Waals surface area (Å²) in [6.07, 6.45) is 9.41. The summed E-state index contributed by atoms with van der Waals surface area (Å²) in [6, 6.07) is 9.88. The quantitative estimate of drug-likeness (QED) is 0.832. The van der Waals surface area contributed by atoms with Gasteiger partial charge >= 0.3 is 0 Å². The van der Waals surface area contributed by atoms with E-state index in [4.69, 9.17) is 0 Å². The Morgan fingerprint density at radius 1 is 1.12 bits per heavy atom. The third-order valence-electron chi connectivity index (χ3n) is 2.60. The molecule has 3 heteroatoms. The van der Waals surface area contributed by atoms with Gasteiger partial charge in [0.05, 0.1) is 11.4 Å². The van der Waals surface area contributed by atoms with Gasteiger partial charge in [-0.1, -0.05) is 6.07 Å². The van der Waals surface area contributed by atoms with Gasteiger partial charge in [-0.05, 0) is 36.4 Å². The van der Waals surface area contributed by atoms with E-state index in [1.54, 1.807) is 12.4 Å². The van der Waals surface area contributed by atoms with E-state index in [-0.39, 0.29) is 0 Å². The number of nitrogens with one attached hydrogen (secondary N) is 1. The van der Waals surface area contributed by atoms with Gasteiger partial charge in [0, 0.05) is 29.9 Å². The van der Waals surface area contributed by atoms with Crippen LogP contribution in [-0.4, -0.2) is 16.2 Å². The topological polar surface area (TPSA) is 41.0 Å². The summed E-state index contributed by atoms with van der Waals surface area (Å²) in [7, 11) is 0. The Hall–Kier alpha value is -2.42. The Bertz CT molecular complexity index is 576. The summed E-state index contributed by atoms with van der Waals surface area (Å²) in [5.74, 6) is 0. The standard InChI is InChI=1S/C14H11N3/c1-2-8-15-11(5-1)14(12-6-3-9-16-12)13-7-4-10-17-13/h1-10,16H/b14-13+. The second-order valence-corrected chi connectivity index (χ2v) is 3.70. The second-order valence-electron chi connectivity index (χ2n) is 3.70. The van der Waals surface area contributed by atoms with E-state index in [0.717, 1.165) is 22.7 Å². The minimum Gasteiger partial charge on any atom is -0.361 e. The maximum Gasteiger partial charge on any atom is 0.0745 e. The van der Waals surface area contributed by atoms with Crippen LogP contribution in [0.15, 0.2) is 65.6 Å². The highest BCUT2D eigenvalue weighted by atomic mass is 14.8. The lowest BCUT2D eigenvalue weighted by molar-refractivity contribution is 1.23. The molecule has 17 heavy (non-hydrogen) atoms. The molecule has 3 heterocycles. The van der Waals surface area contributed by atoms with E-state index in [9.17, 15) is 0 Å². The van der Waals surface area contributed by atoms with E-state index in [2.05, 4.69) is 15.0 Å². The Kier molecular flexibility index (Phi) is 2.43. The van der Waals surface area contributed by atoms with Crippen LogP contribution in [0.3, 0.4) is 0 Å². The zero-order valence-corrected chi connectivity index (χ0v) is 9.17. The van der Waals surface area contributed by atoms with Crippen molar-refractivity contribution in [1.82, 2.24) is 9.97 Å². The van der Waals surface area contributed by atoms with Gasteiger partial charge in [-0.2, -0.15) is 0 Å². The molecule has 1 aliphatic rings. The summed E-state index contributed by atoms with van der Waals surface area (Å²) in [6.45, 7) is 0. The number of hydrogen-bond acceptors (Lipinski definition) is 2. The van der Waals surface area contributed by atoms with Gasteiger partial charge < -0.3 is 4.98 Å². The van der Waals surface area contributed by atoms with Crippen molar-refractivity contribution in [3.8, 4) is 0 Å². The number of nitrogens with zero attached hydrogens (tertiary/aromatic N) is 2. The molecule has 0 bridgehead atoms. The highest BCUT2D eigenvalue weighted by Crippen LogP contribution is 2.26. The van der Waals surface area contributed by atoms with Crippen molar-refractivity contribution < 1.29 is 0 Å². The van der Waals surface area contributed by atoms with Gasteiger partial charge in [0.2, 0.25) is 0 Å². The molecule has 0 spiro atoms. The van der Waals surface area contributed by atoms with Crippen molar-refractivity contribution in [3.63, 3.8) is 0 Å². The third-order valence-corrected chi connectivity index (χ3v) is 2.60. The van der Waals surface area contributed by atoms with Crippen molar-refractivity contribution in [2.24, 2.45) is 4.99 Å². The molecule has 0 unspecified atom stereocenters. The zero-order valence-electron chi connectivity index (χ0n) is 9.17. The van der Waals surface area contributed by atoms with Crippen LogP contribution in [0.2, 0.25) is 0 Å². The summed E-state index contributed by atoms with van der Waals surface area (Å²) >= 11 is 0. The van der Waals surface area contributed by atoms with Crippen LogP contribution in [0, 0.1) is 0 Å². The Morgan fingerprint density at radius 2 is 2.12 bits per heavy atom. The fourth-order valence-electron chi connectivity index (χ4n) is 1.85. The first-order chi connectivity index (χ1) is 8.45. The van der Waals surface area contributed by atoms with Crippen molar-refractivity contribution in [2.45, 2.75) is 0 Å². The van der Waals surface area contributed by atoms with E-state index in [0.29, 0.717) is 0 Å². The van der Waals surface area contributed by atoms with Crippen LogP contribution in [0.5, 0.6) is 0 Å². The predicted molar refractivity (Wildman–Crippen MR) is 68.7 cm³/mol. The van der Waals surface area contributed by atoms with Crippen molar-refractivity contribution >= 4 is 11.8 Å². The average Bonchev–Trinajstić information content (AvgIpc) is 3.04. The Morgan fingerprint density at radius 3 is 2.76 bits per heavy atom. The molecular formula is C14H11N3. The molecule has 0 fully saturated rings. The highest BCUT2D eigenvalue weighted by Gasteiger charge is 2.12. The number of aromatic amines is 1. The highest BCUT2D eigenvalue weighted by molar-refractivity contribution is 5.87. The van der Waals surface area contributed by atoms with Gasteiger partial charge in [-0.15, -0.1) is 0 Å². The van der Waals surface area contributed by atoms with E-state index < -0.39 is 0 Å². The molecule has 1 aliphatic heterocycles. The van der Waals surface area contributed by atoms with E-state index >= 15 is 0 Å². The number of aliphatic imine (C=N–C) groups is 1. The van der Waals surface area contributed by atoms with Crippen LogP contribution in [-0.2, 0) is 0 Å². The van der Waals surface area contributed by atoms with Gasteiger partial charge in [-0.3, -0.25) is 9.98 Å². The fraction of sp³-hybridized carbons (Fsp3) is 0.